The monoisotopic (exact) mass is 307 g/mol. The van der Waals surface area contributed by atoms with Crippen LogP contribution in [0.15, 0.2) is 0 Å². The summed E-state index contributed by atoms with van der Waals surface area (Å²) >= 11 is 10.3. The van der Waals surface area contributed by atoms with Crippen molar-refractivity contribution < 1.29 is 22.4 Å². The van der Waals surface area contributed by atoms with Crippen LogP contribution in [-0.2, 0) is 24.6 Å². The van der Waals surface area contributed by atoms with E-state index in [1.165, 1.54) is 7.05 Å². The first kappa shape index (κ1) is 15.0. The van der Waals surface area contributed by atoms with Gasteiger partial charge in [-0.15, -0.1) is 0 Å². The largest absolute Gasteiger partial charge is 0.436 e. The van der Waals surface area contributed by atoms with Crippen LogP contribution in [-0.4, -0.2) is 21.3 Å². The Hall–Kier alpha value is -1.02. The second kappa shape index (κ2) is 5.31. The molecule has 0 aliphatic heterocycles. The third-order valence-electron chi connectivity index (χ3n) is 2.00. The van der Waals surface area contributed by atoms with E-state index in [1.807, 2.05) is 5.32 Å². The number of carbonyl (C=O) groups is 1. The molecule has 0 saturated carbocycles. The lowest BCUT2D eigenvalue weighted by Gasteiger charge is -2.05. The van der Waals surface area contributed by atoms with Crippen molar-refractivity contribution in [2.75, 3.05) is 0 Å². The average molecular weight is 308 g/mol. The molecular formula is C8H7Cl2F4N3O. The zero-order valence-corrected chi connectivity index (χ0v) is 10.4. The fraction of sp³-hybridized carbons (Fsp3) is 0.500. The third-order valence-corrected chi connectivity index (χ3v) is 2.59. The third kappa shape index (κ3) is 3.26. The minimum Gasteiger partial charge on any atom is -0.347 e. The van der Waals surface area contributed by atoms with Crippen molar-refractivity contribution in [1.29, 1.82) is 0 Å². The minimum atomic E-state index is -4.70. The van der Waals surface area contributed by atoms with Gasteiger partial charge in [-0.1, -0.05) is 23.2 Å². The maximum absolute atomic E-state index is 12.4. The Morgan fingerprint density at radius 3 is 2.50 bits per heavy atom. The van der Waals surface area contributed by atoms with Gasteiger partial charge in [0.25, 0.3) is 11.5 Å². The summed E-state index contributed by atoms with van der Waals surface area (Å²) in [5.41, 5.74) is -3.65. The van der Waals surface area contributed by atoms with Gasteiger partial charge in [-0.05, 0) is 0 Å². The first-order valence-corrected chi connectivity index (χ1v) is 5.30. The number of aromatic nitrogens is 2. The van der Waals surface area contributed by atoms with Gasteiger partial charge in [0.15, 0.2) is 5.69 Å². The fourth-order valence-corrected chi connectivity index (χ4v) is 1.57. The van der Waals surface area contributed by atoms with Crippen LogP contribution < -0.4 is 5.32 Å². The Balaban J connectivity index is 2.91. The topological polar surface area (TPSA) is 46.9 Å². The van der Waals surface area contributed by atoms with Gasteiger partial charge in [-0.3, -0.25) is 9.48 Å². The Morgan fingerprint density at radius 1 is 1.56 bits per heavy atom. The van der Waals surface area contributed by atoms with Crippen molar-refractivity contribution in [2.45, 2.75) is 18.4 Å². The molecule has 1 aromatic rings. The van der Waals surface area contributed by atoms with Gasteiger partial charge in [-0.25, -0.2) is 4.39 Å². The van der Waals surface area contributed by atoms with E-state index in [0.29, 0.717) is 0 Å². The number of hydrogen-bond acceptors (Lipinski definition) is 2. The SMILES string of the molecule is Cn1nc(C(F)(F)F)c(Cl)c1CNC(=O)C(F)Cl. The summed E-state index contributed by atoms with van der Waals surface area (Å²) < 4.78 is 50.5. The molecule has 1 aromatic heterocycles. The van der Waals surface area contributed by atoms with Crippen molar-refractivity contribution in [3.63, 3.8) is 0 Å². The molecule has 1 N–H and O–H groups in total. The number of rotatable bonds is 3. The molecule has 0 bridgehead atoms. The first-order chi connectivity index (χ1) is 8.14. The molecule has 0 saturated heterocycles. The van der Waals surface area contributed by atoms with E-state index in [1.54, 1.807) is 0 Å². The van der Waals surface area contributed by atoms with Crippen molar-refractivity contribution in [1.82, 2.24) is 15.1 Å². The summed E-state index contributed by atoms with van der Waals surface area (Å²) in [6, 6.07) is 0. The van der Waals surface area contributed by atoms with Crippen LogP contribution in [0.2, 0.25) is 5.02 Å². The van der Waals surface area contributed by atoms with Gasteiger partial charge in [0, 0.05) is 7.05 Å². The van der Waals surface area contributed by atoms with Crippen LogP contribution in [0.25, 0.3) is 0 Å². The van der Waals surface area contributed by atoms with Crippen LogP contribution in [0.1, 0.15) is 11.4 Å². The van der Waals surface area contributed by atoms with Gasteiger partial charge in [0.2, 0.25) is 0 Å². The van der Waals surface area contributed by atoms with Gasteiger partial charge in [-0.2, -0.15) is 18.3 Å². The number of alkyl halides is 5. The summed E-state index contributed by atoms with van der Waals surface area (Å²) in [5.74, 6) is -1.16. The van der Waals surface area contributed by atoms with Crippen LogP contribution >= 0.6 is 23.2 Å². The van der Waals surface area contributed by atoms with Gasteiger partial charge in [0.05, 0.1) is 17.3 Å². The maximum Gasteiger partial charge on any atom is 0.436 e. The summed E-state index contributed by atoms with van der Waals surface area (Å²) in [6.07, 6.45) is -4.70. The van der Waals surface area contributed by atoms with E-state index in [2.05, 4.69) is 5.10 Å². The van der Waals surface area contributed by atoms with Crippen LogP contribution in [0.4, 0.5) is 17.6 Å². The molecule has 0 fully saturated rings. The van der Waals surface area contributed by atoms with E-state index < -0.39 is 35.0 Å². The number of halogens is 6. The highest BCUT2D eigenvalue weighted by molar-refractivity contribution is 6.32. The molecule has 4 nitrogen and oxygen atoms in total. The van der Waals surface area contributed by atoms with E-state index in [-0.39, 0.29) is 5.69 Å². The molecule has 1 amide bonds. The molecule has 0 aliphatic carbocycles. The predicted octanol–water partition coefficient (Wildman–Crippen LogP) is 2.24. The minimum absolute atomic E-state index is 0.102. The second-order valence-electron chi connectivity index (χ2n) is 3.25. The van der Waals surface area contributed by atoms with E-state index in [0.717, 1.165) is 4.68 Å². The molecule has 1 rings (SSSR count). The molecule has 0 aliphatic rings. The summed E-state index contributed by atoms with van der Waals surface area (Å²) in [7, 11) is 1.22. The zero-order chi connectivity index (χ0) is 14.1. The molecule has 10 heteroatoms. The molecule has 1 atom stereocenters. The Morgan fingerprint density at radius 2 is 2.11 bits per heavy atom. The molecule has 0 radical (unpaired) electrons. The van der Waals surface area contributed by atoms with Gasteiger partial charge in [0.1, 0.15) is 0 Å². The molecular weight excluding hydrogens is 301 g/mol. The quantitative estimate of drug-likeness (QED) is 0.687. The molecule has 0 spiro atoms. The smallest absolute Gasteiger partial charge is 0.347 e. The maximum atomic E-state index is 12.4. The number of amides is 1. The van der Waals surface area contributed by atoms with E-state index in [9.17, 15) is 22.4 Å². The highest BCUT2D eigenvalue weighted by Crippen LogP contribution is 2.35. The summed E-state index contributed by atoms with van der Waals surface area (Å²) in [5, 5.41) is 4.53. The number of nitrogens with one attached hydrogen (secondary N) is 1. The van der Waals surface area contributed by atoms with Crippen molar-refractivity contribution in [3.05, 3.63) is 16.4 Å². The predicted molar refractivity (Wildman–Crippen MR) is 55.8 cm³/mol. The molecule has 0 aromatic carbocycles. The van der Waals surface area contributed by atoms with Crippen molar-refractivity contribution in [3.8, 4) is 0 Å². The highest BCUT2D eigenvalue weighted by atomic mass is 35.5. The Kier molecular flexibility index (Phi) is 4.44. The lowest BCUT2D eigenvalue weighted by molar-refractivity contribution is -0.141. The molecule has 18 heavy (non-hydrogen) atoms. The lowest BCUT2D eigenvalue weighted by atomic mass is 10.3. The van der Waals surface area contributed by atoms with E-state index >= 15 is 0 Å². The Labute approximate surface area is 109 Å². The standard InChI is InChI=1S/C8H7Cl2F4N3O/c1-17-3(2-15-7(18)6(10)11)4(9)5(16-17)8(12,13)14/h6H,2H2,1H3,(H,15,18). The van der Waals surface area contributed by atoms with E-state index in [4.69, 9.17) is 23.2 Å². The first-order valence-electron chi connectivity index (χ1n) is 4.49. The van der Waals surface area contributed by atoms with Crippen LogP contribution in [0.5, 0.6) is 0 Å². The molecule has 102 valence electrons. The van der Waals surface area contributed by atoms with Crippen LogP contribution in [0, 0.1) is 0 Å². The Bertz CT molecular complexity index is 458. The average Bonchev–Trinajstić information content (AvgIpc) is 2.51. The number of aryl methyl sites for hydroxylation is 1. The normalized spacial score (nSPS) is 13.5. The summed E-state index contributed by atoms with van der Waals surface area (Å²) in [4.78, 5) is 10.8. The second-order valence-corrected chi connectivity index (χ2v) is 4.01. The summed E-state index contributed by atoms with van der Waals surface area (Å²) in [6.45, 7) is -0.412. The molecule has 1 heterocycles. The lowest BCUT2D eigenvalue weighted by Crippen LogP contribution is -2.29. The number of carbonyl (C=O) groups excluding carboxylic acids is 1. The zero-order valence-electron chi connectivity index (χ0n) is 8.85. The van der Waals surface area contributed by atoms with Crippen molar-refractivity contribution >= 4 is 29.1 Å². The van der Waals surface area contributed by atoms with Gasteiger partial charge < -0.3 is 5.32 Å². The highest BCUT2D eigenvalue weighted by Gasteiger charge is 2.38. The number of nitrogens with zero attached hydrogens (tertiary/aromatic N) is 2. The fourth-order valence-electron chi connectivity index (χ4n) is 1.15. The van der Waals surface area contributed by atoms with Crippen LogP contribution in [0.3, 0.4) is 0 Å². The number of hydrogen-bond donors (Lipinski definition) is 1. The molecule has 1 unspecified atom stereocenters. The van der Waals surface area contributed by atoms with Crippen molar-refractivity contribution in [2.24, 2.45) is 7.05 Å². The van der Waals surface area contributed by atoms with Gasteiger partial charge >= 0.3 is 6.18 Å².